The number of carbonyl (C=O) groups excluding carboxylic acids is 1. The predicted molar refractivity (Wildman–Crippen MR) is 192 cm³/mol. The van der Waals surface area contributed by atoms with Crippen molar-refractivity contribution in [2.75, 3.05) is 0 Å². The minimum Gasteiger partial charge on any atom is -0.512 e. The fourth-order valence-electron chi connectivity index (χ4n) is 6.85. The molecule has 3 heterocycles. The van der Waals surface area contributed by atoms with Gasteiger partial charge in [-0.15, -0.1) is 23.1 Å². The summed E-state index contributed by atoms with van der Waals surface area (Å²) in [5, 5.41) is 18.9. The number of hydrogen-bond donors (Lipinski definition) is 1. The summed E-state index contributed by atoms with van der Waals surface area (Å²) >= 11 is 0. The third-order valence-electron chi connectivity index (χ3n) is 9.49. The van der Waals surface area contributed by atoms with Gasteiger partial charge >= 0.3 is 0 Å². The van der Waals surface area contributed by atoms with E-state index in [0.717, 1.165) is 36.7 Å². The Morgan fingerprint density at radius 1 is 0.911 bits per heavy atom. The Morgan fingerprint density at radius 2 is 1.56 bits per heavy atom. The van der Waals surface area contributed by atoms with Crippen LogP contribution >= 0.6 is 0 Å². The van der Waals surface area contributed by atoms with E-state index in [1.165, 1.54) is 60.4 Å². The van der Waals surface area contributed by atoms with Gasteiger partial charge in [0.25, 0.3) is 0 Å². The summed E-state index contributed by atoms with van der Waals surface area (Å²) in [7, 11) is -1.47. The molecule has 0 bridgehead atoms. The van der Waals surface area contributed by atoms with E-state index < -0.39 is 8.07 Å². The van der Waals surface area contributed by atoms with Gasteiger partial charge in [-0.1, -0.05) is 105 Å². The van der Waals surface area contributed by atoms with E-state index in [-0.39, 0.29) is 43.5 Å². The molecule has 0 aliphatic heterocycles. The number of aliphatic hydroxyl groups is 1. The van der Waals surface area contributed by atoms with Crippen molar-refractivity contribution in [1.29, 1.82) is 0 Å². The number of aliphatic hydroxyl groups excluding tert-OH is 1. The molecule has 3 aromatic carbocycles. The third kappa shape index (κ3) is 6.34. The Hall–Kier alpha value is -3.05. The molecule has 1 N–H and O–H groups in total. The predicted octanol–water partition coefficient (Wildman–Crippen LogP) is 10.2. The molecule has 0 unspecified atom stereocenters. The fourth-order valence-corrected chi connectivity index (χ4v) is 8.44. The summed E-state index contributed by atoms with van der Waals surface area (Å²) in [5.41, 5.74) is 6.14. The van der Waals surface area contributed by atoms with Crippen LogP contribution in [0.1, 0.15) is 64.5 Å². The van der Waals surface area contributed by atoms with Crippen molar-refractivity contribution in [1.82, 2.24) is 9.38 Å². The van der Waals surface area contributed by atoms with E-state index >= 15 is 0 Å². The average Bonchev–Trinajstić information content (AvgIpc) is 3.37. The van der Waals surface area contributed by atoms with E-state index in [4.69, 9.17) is 4.98 Å². The Bertz CT molecular complexity index is 2010. The maximum absolute atomic E-state index is 11.7. The smallest absolute Gasteiger partial charge is 0.162 e. The number of fused-ring (bicyclic) bond motifs is 4. The molecule has 0 spiro atoms. The molecule has 0 saturated heterocycles. The minimum absolute atomic E-state index is 0. The molecular weight excluding hydrogens is 749 g/mol. The monoisotopic (exact) mass is 796 g/mol. The van der Waals surface area contributed by atoms with Gasteiger partial charge in [0.05, 0.1) is 19.5 Å². The van der Waals surface area contributed by atoms with Gasteiger partial charge in [0, 0.05) is 55.2 Å². The summed E-state index contributed by atoms with van der Waals surface area (Å²) in [5.74, 6) is 0.547. The number of ketones is 1. The van der Waals surface area contributed by atoms with Gasteiger partial charge in [-0.3, -0.25) is 9.78 Å². The van der Waals surface area contributed by atoms with Gasteiger partial charge in [0.15, 0.2) is 5.78 Å². The number of aromatic nitrogens is 2. The SMILES string of the molecule is CCC(CC)C(=O)/C=C(\O)C(CC)CC.Cc1ccc2c(C)c3c([c-]c2c1)c1nccc2cc4c([Si](C)(C)C)ccc3c4n21.[Ir]. The van der Waals surface area contributed by atoms with E-state index in [9.17, 15) is 9.90 Å². The second kappa shape index (κ2) is 13.7. The zero-order valence-electron chi connectivity index (χ0n) is 28.3. The molecule has 0 amide bonds. The molecule has 0 fully saturated rings. The third-order valence-corrected chi connectivity index (χ3v) is 11.5. The number of allylic oxidation sites excluding steroid dienone is 2. The quantitative estimate of drug-likeness (QED) is 0.0417. The van der Waals surface area contributed by atoms with Gasteiger partial charge < -0.3 is 9.51 Å². The second-order valence-electron chi connectivity index (χ2n) is 13.4. The molecule has 0 saturated carbocycles. The first kappa shape index (κ1) is 34.8. The topological polar surface area (TPSA) is 54.6 Å². The zero-order chi connectivity index (χ0) is 31.9. The average molecular weight is 796 g/mol. The van der Waals surface area contributed by atoms with Crippen LogP contribution in [0.4, 0.5) is 0 Å². The van der Waals surface area contributed by atoms with Gasteiger partial charge in [-0.25, -0.2) is 0 Å². The summed E-state index contributed by atoms with van der Waals surface area (Å²) in [6.07, 6.45) is 6.85. The summed E-state index contributed by atoms with van der Waals surface area (Å²) in [4.78, 5) is 16.6. The van der Waals surface area contributed by atoms with Crippen molar-refractivity contribution >= 4 is 68.0 Å². The number of carbonyl (C=O) groups is 1. The molecule has 1 radical (unpaired) electrons. The van der Waals surface area contributed by atoms with Crippen LogP contribution in [0, 0.1) is 31.7 Å². The van der Waals surface area contributed by atoms with E-state index in [1.54, 1.807) is 0 Å². The van der Waals surface area contributed by atoms with Crippen LogP contribution < -0.4 is 5.19 Å². The van der Waals surface area contributed by atoms with Gasteiger partial charge in [0.1, 0.15) is 0 Å². The Labute approximate surface area is 282 Å². The number of aryl methyl sites for hydroxylation is 2. The van der Waals surface area contributed by atoms with Crippen LogP contribution in [-0.4, -0.2) is 28.3 Å². The van der Waals surface area contributed by atoms with Crippen molar-refractivity contribution < 1.29 is 30.0 Å². The van der Waals surface area contributed by atoms with E-state index in [1.807, 2.05) is 33.9 Å². The molecule has 239 valence electrons. The maximum atomic E-state index is 11.7. The van der Waals surface area contributed by atoms with Crippen LogP contribution in [0.2, 0.25) is 19.6 Å². The fraction of sp³-hybridized carbons (Fsp3) is 0.385. The number of hydrogen-bond acceptors (Lipinski definition) is 3. The molecule has 6 aromatic rings. The molecule has 4 nitrogen and oxygen atoms in total. The van der Waals surface area contributed by atoms with Crippen LogP contribution in [0.5, 0.6) is 0 Å². The second-order valence-corrected chi connectivity index (χ2v) is 18.4. The number of pyridine rings is 1. The summed E-state index contributed by atoms with van der Waals surface area (Å²) < 4.78 is 2.36. The van der Waals surface area contributed by atoms with Crippen LogP contribution in [-0.2, 0) is 24.9 Å². The molecule has 45 heavy (non-hydrogen) atoms. The Balaban J connectivity index is 0.000000249. The molecule has 0 atom stereocenters. The van der Waals surface area contributed by atoms with Crippen LogP contribution in [0.25, 0.3) is 49.0 Å². The van der Waals surface area contributed by atoms with Crippen LogP contribution in [0.15, 0.2) is 60.5 Å². The first-order chi connectivity index (χ1) is 20.9. The number of rotatable bonds is 8. The summed E-state index contributed by atoms with van der Waals surface area (Å²) in [6.45, 7) is 19.7. The first-order valence-electron chi connectivity index (χ1n) is 16.3. The van der Waals surface area contributed by atoms with Crippen molar-refractivity contribution in [3.8, 4) is 0 Å². The normalized spacial score (nSPS) is 12.6. The Morgan fingerprint density at radius 3 is 2.18 bits per heavy atom. The molecule has 6 rings (SSSR count). The van der Waals surface area contributed by atoms with E-state index in [0.29, 0.717) is 0 Å². The van der Waals surface area contributed by atoms with Crippen molar-refractivity contribution in [3.05, 3.63) is 77.7 Å². The Kier molecular flexibility index (Phi) is 10.6. The van der Waals surface area contributed by atoms with Crippen molar-refractivity contribution in [2.45, 2.75) is 86.9 Å². The first-order valence-corrected chi connectivity index (χ1v) is 19.8. The van der Waals surface area contributed by atoms with Crippen LogP contribution in [0.3, 0.4) is 0 Å². The zero-order valence-corrected chi connectivity index (χ0v) is 31.7. The van der Waals surface area contributed by atoms with Gasteiger partial charge in [-0.2, -0.15) is 0 Å². The van der Waals surface area contributed by atoms with Crippen molar-refractivity contribution in [2.24, 2.45) is 11.8 Å². The summed E-state index contributed by atoms with van der Waals surface area (Å²) in [6, 6.07) is 19.6. The minimum atomic E-state index is -1.47. The number of nitrogens with zero attached hydrogens (tertiary/aromatic N) is 2. The van der Waals surface area contributed by atoms with E-state index in [2.05, 4.69) is 86.4 Å². The van der Waals surface area contributed by atoms with Crippen molar-refractivity contribution in [3.63, 3.8) is 0 Å². The molecule has 0 aliphatic carbocycles. The molecular formula is C39H47IrN2O2Si-. The molecule has 3 aromatic heterocycles. The van der Waals surface area contributed by atoms with Gasteiger partial charge in [-0.05, 0) is 55.5 Å². The largest absolute Gasteiger partial charge is 0.512 e. The molecule has 6 heteroatoms. The maximum Gasteiger partial charge on any atom is 0.162 e. The standard InChI is InChI=1S/C26H23N2Si.C13H24O2.Ir/c1-15-6-7-19-16(2)24-20-8-9-23(29(3,4)5)21-14-18-10-11-27-26(28(18)25(20)21)22(24)13-17(19)12-15;1-5-10(6-2)12(14)9-13(15)11(7-3)8-4;/h6-12,14H,1-5H3;9-11,14H,5-8H2,1-4H3;/q-1;;/b;12-9-;. The molecule has 0 aliphatic rings. The van der Waals surface area contributed by atoms with Gasteiger partial charge in [0.2, 0.25) is 0 Å². The number of benzene rings is 3.